The Balaban J connectivity index is 2.22. The van der Waals surface area contributed by atoms with Crippen LogP contribution in [0.2, 0.25) is 0 Å². The molecule has 0 bridgehead atoms. The van der Waals surface area contributed by atoms with E-state index < -0.39 is 17.7 Å². The third-order valence-electron chi connectivity index (χ3n) is 3.41. The van der Waals surface area contributed by atoms with Crippen molar-refractivity contribution in [3.63, 3.8) is 0 Å². The lowest BCUT2D eigenvalue weighted by Gasteiger charge is -2.19. The normalized spacial score (nSPS) is 10.9. The zero-order valence-corrected chi connectivity index (χ0v) is 15.0. The third kappa shape index (κ3) is 5.35. The molecule has 0 aromatic heterocycles. The second kappa shape index (κ2) is 7.83. The van der Waals surface area contributed by atoms with E-state index in [1.54, 1.807) is 26.8 Å². The van der Waals surface area contributed by atoms with Crippen molar-refractivity contribution < 1.29 is 19.1 Å². The summed E-state index contributed by atoms with van der Waals surface area (Å²) in [6.07, 6.45) is -0.501. The summed E-state index contributed by atoms with van der Waals surface area (Å²) in [5.74, 6) is -0.419. The molecule has 5 nitrogen and oxygen atoms in total. The standard InChI is InChI=1S/C20H23NO4/c1-20(2,3)25-19(23)21-13-14-10-11-16(15-8-6-5-7-9-15)17(12-14)18(22)24-4/h5-12H,13H2,1-4H3,(H,21,23). The zero-order chi connectivity index (χ0) is 18.4. The molecule has 0 saturated heterocycles. The Hall–Kier alpha value is -2.82. The minimum absolute atomic E-state index is 0.258. The van der Waals surface area contributed by atoms with Crippen LogP contribution in [0.3, 0.4) is 0 Å². The summed E-state index contributed by atoms with van der Waals surface area (Å²) in [6, 6.07) is 15.1. The lowest BCUT2D eigenvalue weighted by Crippen LogP contribution is -2.32. The highest BCUT2D eigenvalue weighted by Gasteiger charge is 2.17. The number of ether oxygens (including phenoxy) is 2. The van der Waals surface area contributed by atoms with Gasteiger partial charge in [0.1, 0.15) is 5.60 Å². The highest BCUT2D eigenvalue weighted by atomic mass is 16.6. The van der Waals surface area contributed by atoms with E-state index in [0.29, 0.717) is 5.56 Å². The molecule has 0 fully saturated rings. The van der Waals surface area contributed by atoms with Crippen LogP contribution in [0.15, 0.2) is 48.5 Å². The van der Waals surface area contributed by atoms with Gasteiger partial charge >= 0.3 is 12.1 Å². The molecule has 0 unspecified atom stereocenters. The van der Waals surface area contributed by atoms with Gasteiger partial charge in [-0.05, 0) is 43.5 Å². The Labute approximate surface area is 148 Å². The second-order valence-corrected chi connectivity index (χ2v) is 6.59. The number of carbonyl (C=O) groups excluding carboxylic acids is 2. The Morgan fingerprint density at radius 1 is 1.04 bits per heavy atom. The average molecular weight is 341 g/mol. The van der Waals surface area contributed by atoms with Crippen LogP contribution < -0.4 is 5.32 Å². The summed E-state index contributed by atoms with van der Waals surface area (Å²) in [4.78, 5) is 23.9. The quantitative estimate of drug-likeness (QED) is 0.848. The van der Waals surface area contributed by atoms with Gasteiger partial charge in [-0.15, -0.1) is 0 Å². The molecule has 0 atom stereocenters. The molecule has 1 amide bonds. The molecular formula is C20H23NO4. The Kier molecular flexibility index (Phi) is 5.80. The smallest absolute Gasteiger partial charge is 0.407 e. The van der Waals surface area contributed by atoms with E-state index in [0.717, 1.165) is 16.7 Å². The molecule has 0 saturated carbocycles. The lowest BCUT2D eigenvalue weighted by atomic mass is 9.97. The fraction of sp³-hybridized carbons (Fsp3) is 0.300. The van der Waals surface area contributed by atoms with Crippen molar-refractivity contribution in [3.05, 3.63) is 59.7 Å². The first-order valence-electron chi connectivity index (χ1n) is 8.03. The van der Waals surface area contributed by atoms with Crippen molar-refractivity contribution in [2.24, 2.45) is 0 Å². The molecule has 0 heterocycles. The molecule has 1 N–H and O–H groups in total. The first-order chi connectivity index (χ1) is 11.8. The monoisotopic (exact) mass is 341 g/mol. The number of amides is 1. The SMILES string of the molecule is COC(=O)c1cc(CNC(=O)OC(C)(C)C)ccc1-c1ccccc1. The molecule has 2 aromatic rings. The van der Waals surface area contributed by atoms with Gasteiger partial charge in [-0.3, -0.25) is 0 Å². The summed E-state index contributed by atoms with van der Waals surface area (Å²) in [6.45, 7) is 5.66. The number of esters is 1. The van der Waals surface area contributed by atoms with Crippen LogP contribution in [-0.4, -0.2) is 24.8 Å². The van der Waals surface area contributed by atoms with Crippen molar-refractivity contribution in [2.45, 2.75) is 32.9 Å². The van der Waals surface area contributed by atoms with E-state index in [4.69, 9.17) is 9.47 Å². The van der Waals surface area contributed by atoms with E-state index in [1.807, 2.05) is 42.5 Å². The number of hydrogen-bond acceptors (Lipinski definition) is 4. The van der Waals surface area contributed by atoms with Crippen LogP contribution in [0.4, 0.5) is 4.79 Å². The van der Waals surface area contributed by atoms with Crippen LogP contribution in [0.5, 0.6) is 0 Å². The van der Waals surface area contributed by atoms with Gasteiger partial charge in [0.05, 0.1) is 12.7 Å². The molecule has 25 heavy (non-hydrogen) atoms. The van der Waals surface area contributed by atoms with Gasteiger partial charge in [0.2, 0.25) is 0 Å². The summed E-state index contributed by atoms with van der Waals surface area (Å²) < 4.78 is 10.1. The first kappa shape index (κ1) is 18.5. The lowest BCUT2D eigenvalue weighted by molar-refractivity contribution is 0.0523. The van der Waals surface area contributed by atoms with Crippen molar-refractivity contribution in [1.29, 1.82) is 0 Å². The van der Waals surface area contributed by atoms with Crippen LogP contribution >= 0.6 is 0 Å². The predicted molar refractivity (Wildman–Crippen MR) is 96.3 cm³/mol. The number of carbonyl (C=O) groups is 2. The van der Waals surface area contributed by atoms with Gasteiger partial charge in [0.25, 0.3) is 0 Å². The van der Waals surface area contributed by atoms with Gasteiger partial charge in [-0.2, -0.15) is 0 Å². The third-order valence-corrected chi connectivity index (χ3v) is 3.41. The van der Waals surface area contributed by atoms with Crippen LogP contribution in [0, 0.1) is 0 Å². The minimum Gasteiger partial charge on any atom is -0.465 e. The van der Waals surface area contributed by atoms with Gasteiger partial charge in [0.15, 0.2) is 0 Å². The average Bonchev–Trinajstić information content (AvgIpc) is 2.58. The molecule has 0 aliphatic carbocycles. The maximum absolute atomic E-state index is 12.2. The second-order valence-electron chi connectivity index (χ2n) is 6.59. The Morgan fingerprint density at radius 3 is 2.32 bits per heavy atom. The van der Waals surface area contributed by atoms with E-state index in [9.17, 15) is 9.59 Å². The molecule has 0 radical (unpaired) electrons. The fourth-order valence-corrected chi connectivity index (χ4v) is 2.34. The number of alkyl carbamates (subject to hydrolysis) is 1. The highest BCUT2D eigenvalue weighted by Crippen LogP contribution is 2.25. The molecule has 2 aromatic carbocycles. The maximum Gasteiger partial charge on any atom is 0.407 e. The predicted octanol–water partition coefficient (Wildman–Crippen LogP) is 4.16. The number of methoxy groups -OCH3 is 1. The minimum atomic E-state index is -0.557. The largest absolute Gasteiger partial charge is 0.465 e. The van der Waals surface area contributed by atoms with Crippen molar-refractivity contribution in [3.8, 4) is 11.1 Å². The van der Waals surface area contributed by atoms with Crippen LogP contribution in [0.25, 0.3) is 11.1 Å². The highest BCUT2D eigenvalue weighted by molar-refractivity contribution is 5.97. The maximum atomic E-state index is 12.2. The van der Waals surface area contributed by atoms with E-state index >= 15 is 0 Å². The van der Waals surface area contributed by atoms with Crippen molar-refractivity contribution in [2.75, 3.05) is 7.11 Å². The Morgan fingerprint density at radius 2 is 1.72 bits per heavy atom. The zero-order valence-electron chi connectivity index (χ0n) is 15.0. The van der Waals surface area contributed by atoms with Crippen LogP contribution in [0.1, 0.15) is 36.7 Å². The molecule has 5 heteroatoms. The Bertz CT molecular complexity index is 748. The van der Waals surface area contributed by atoms with Gasteiger partial charge in [-0.1, -0.05) is 42.5 Å². The van der Waals surface area contributed by atoms with Gasteiger partial charge < -0.3 is 14.8 Å². The molecular weight excluding hydrogens is 318 g/mol. The molecule has 0 aliphatic rings. The number of nitrogens with one attached hydrogen (secondary N) is 1. The van der Waals surface area contributed by atoms with E-state index in [-0.39, 0.29) is 6.54 Å². The van der Waals surface area contributed by atoms with Gasteiger partial charge in [-0.25, -0.2) is 9.59 Å². The number of benzene rings is 2. The van der Waals surface area contributed by atoms with Crippen LogP contribution in [-0.2, 0) is 16.0 Å². The molecule has 132 valence electrons. The van der Waals surface area contributed by atoms with E-state index in [1.165, 1.54) is 7.11 Å². The molecule has 0 aliphatic heterocycles. The van der Waals surface area contributed by atoms with Crippen molar-refractivity contribution >= 4 is 12.1 Å². The summed E-state index contributed by atoms with van der Waals surface area (Å²) in [5.41, 5.74) is 2.39. The number of hydrogen-bond donors (Lipinski definition) is 1. The van der Waals surface area contributed by atoms with Gasteiger partial charge in [0, 0.05) is 6.54 Å². The summed E-state index contributed by atoms with van der Waals surface area (Å²) in [7, 11) is 1.35. The summed E-state index contributed by atoms with van der Waals surface area (Å²) in [5, 5.41) is 2.69. The first-order valence-corrected chi connectivity index (χ1v) is 8.03. The summed E-state index contributed by atoms with van der Waals surface area (Å²) >= 11 is 0. The number of rotatable bonds is 4. The topological polar surface area (TPSA) is 64.6 Å². The fourth-order valence-electron chi connectivity index (χ4n) is 2.34. The molecule has 2 rings (SSSR count). The molecule has 0 spiro atoms. The van der Waals surface area contributed by atoms with Crippen molar-refractivity contribution in [1.82, 2.24) is 5.32 Å². The van der Waals surface area contributed by atoms with E-state index in [2.05, 4.69) is 5.32 Å².